The lowest BCUT2D eigenvalue weighted by Crippen LogP contribution is -2.03. The standard InChI is InChI=1S/C9H10BrN3O2/c1-5(4-11)7-6(10)8(14-2)13-9(12-7)15-3/h5H,1-3H3. The van der Waals surface area contributed by atoms with E-state index in [4.69, 9.17) is 14.7 Å². The molecule has 0 N–H and O–H groups in total. The van der Waals surface area contributed by atoms with E-state index in [9.17, 15) is 0 Å². The number of hydrogen-bond acceptors (Lipinski definition) is 5. The van der Waals surface area contributed by atoms with Gasteiger partial charge in [-0.1, -0.05) is 0 Å². The van der Waals surface area contributed by atoms with Gasteiger partial charge in [0.15, 0.2) is 0 Å². The summed E-state index contributed by atoms with van der Waals surface area (Å²) < 4.78 is 10.5. The average molecular weight is 272 g/mol. The van der Waals surface area contributed by atoms with Crippen LogP contribution >= 0.6 is 15.9 Å². The highest BCUT2D eigenvalue weighted by Gasteiger charge is 2.17. The first-order valence-corrected chi connectivity index (χ1v) is 4.98. The quantitative estimate of drug-likeness (QED) is 0.840. The summed E-state index contributed by atoms with van der Waals surface area (Å²) >= 11 is 3.29. The van der Waals surface area contributed by atoms with Crippen LogP contribution < -0.4 is 9.47 Å². The van der Waals surface area contributed by atoms with E-state index in [2.05, 4.69) is 32.0 Å². The molecule has 0 aliphatic rings. The van der Waals surface area contributed by atoms with Crippen LogP contribution in [0.2, 0.25) is 0 Å². The summed E-state index contributed by atoms with van der Waals surface area (Å²) in [7, 11) is 2.96. The molecular formula is C9H10BrN3O2. The maximum absolute atomic E-state index is 8.83. The van der Waals surface area contributed by atoms with Gasteiger partial charge in [0.1, 0.15) is 4.47 Å². The molecule has 1 aromatic heterocycles. The highest BCUT2D eigenvalue weighted by Crippen LogP contribution is 2.31. The predicted molar refractivity (Wildman–Crippen MR) is 56.9 cm³/mol. The summed E-state index contributed by atoms with van der Waals surface area (Å²) in [5.74, 6) is 0.00382. The lowest BCUT2D eigenvalue weighted by molar-refractivity contribution is 0.347. The summed E-state index contributed by atoms with van der Waals surface area (Å²) in [6.07, 6.45) is 0. The fourth-order valence-corrected chi connectivity index (χ4v) is 1.68. The number of halogens is 1. The second-order valence-electron chi connectivity index (χ2n) is 2.77. The topological polar surface area (TPSA) is 68.0 Å². The molecule has 1 atom stereocenters. The van der Waals surface area contributed by atoms with Crippen LogP contribution in [0.5, 0.6) is 11.9 Å². The normalized spacial score (nSPS) is 11.7. The van der Waals surface area contributed by atoms with E-state index in [1.165, 1.54) is 14.2 Å². The number of rotatable bonds is 3. The second kappa shape index (κ2) is 4.94. The van der Waals surface area contributed by atoms with E-state index in [0.717, 1.165) is 0 Å². The molecule has 0 aliphatic carbocycles. The molecule has 15 heavy (non-hydrogen) atoms. The van der Waals surface area contributed by atoms with Crippen molar-refractivity contribution < 1.29 is 9.47 Å². The van der Waals surface area contributed by atoms with Crippen LogP contribution in [0, 0.1) is 11.3 Å². The summed E-state index contributed by atoms with van der Waals surface area (Å²) in [6, 6.07) is 2.28. The Bertz CT molecular complexity index is 403. The number of aromatic nitrogens is 2. The van der Waals surface area contributed by atoms with Crippen molar-refractivity contribution in [1.29, 1.82) is 5.26 Å². The van der Waals surface area contributed by atoms with Gasteiger partial charge in [0.25, 0.3) is 0 Å². The fourth-order valence-electron chi connectivity index (χ4n) is 0.997. The molecule has 0 bridgehead atoms. The Kier molecular flexibility index (Phi) is 3.86. The van der Waals surface area contributed by atoms with Gasteiger partial charge < -0.3 is 9.47 Å². The Morgan fingerprint density at radius 2 is 2.00 bits per heavy atom. The Morgan fingerprint density at radius 3 is 2.47 bits per heavy atom. The van der Waals surface area contributed by atoms with Gasteiger partial charge in [-0.2, -0.15) is 15.2 Å². The van der Waals surface area contributed by atoms with E-state index in [-0.39, 0.29) is 11.9 Å². The maximum atomic E-state index is 8.83. The molecule has 1 rings (SSSR count). The molecule has 0 fully saturated rings. The lowest BCUT2D eigenvalue weighted by Gasteiger charge is -2.10. The molecule has 1 unspecified atom stereocenters. The van der Waals surface area contributed by atoms with Crippen LogP contribution in [-0.4, -0.2) is 24.2 Å². The first-order chi connectivity index (χ1) is 7.13. The lowest BCUT2D eigenvalue weighted by atomic mass is 10.1. The smallest absolute Gasteiger partial charge is 0.319 e. The Hall–Kier alpha value is -1.35. The molecule has 5 nitrogen and oxygen atoms in total. The molecule has 0 saturated heterocycles. The minimum atomic E-state index is -0.356. The van der Waals surface area contributed by atoms with Crippen molar-refractivity contribution in [3.05, 3.63) is 10.2 Å². The molecule has 1 heterocycles. The van der Waals surface area contributed by atoms with Crippen molar-refractivity contribution in [1.82, 2.24) is 9.97 Å². The van der Waals surface area contributed by atoms with Crippen LogP contribution in [0.4, 0.5) is 0 Å². The molecule has 0 spiro atoms. The van der Waals surface area contributed by atoms with Crippen LogP contribution in [-0.2, 0) is 0 Å². The van der Waals surface area contributed by atoms with Crippen molar-refractivity contribution in [3.8, 4) is 18.0 Å². The number of hydrogen-bond donors (Lipinski definition) is 0. The van der Waals surface area contributed by atoms with Crippen LogP contribution in [0.25, 0.3) is 0 Å². The van der Waals surface area contributed by atoms with Crippen molar-refractivity contribution >= 4 is 15.9 Å². The third-order valence-electron chi connectivity index (χ3n) is 1.81. The maximum Gasteiger partial charge on any atom is 0.319 e. The minimum Gasteiger partial charge on any atom is -0.480 e. The molecule has 0 saturated carbocycles. The highest BCUT2D eigenvalue weighted by molar-refractivity contribution is 9.10. The Morgan fingerprint density at radius 1 is 1.33 bits per heavy atom. The highest BCUT2D eigenvalue weighted by atomic mass is 79.9. The molecule has 0 amide bonds. The molecule has 80 valence electrons. The van der Waals surface area contributed by atoms with E-state index in [1.807, 2.05) is 0 Å². The van der Waals surface area contributed by atoms with Crippen molar-refractivity contribution in [3.63, 3.8) is 0 Å². The number of ether oxygens (including phenoxy) is 2. The average Bonchev–Trinajstić information content (AvgIpc) is 2.28. The summed E-state index contributed by atoms with van der Waals surface area (Å²) in [5.41, 5.74) is 0.557. The SMILES string of the molecule is COc1nc(OC)c(Br)c(C(C)C#N)n1. The predicted octanol–water partition coefficient (Wildman–Crippen LogP) is 1.88. The fraction of sp³-hybridized carbons (Fsp3) is 0.444. The molecule has 0 aromatic carbocycles. The van der Waals surface area contributed by atoms with Gasteiger partial charge in [0.05, 0.1) is 31.9 Å². The molecule has 1 aromatic rings. The summed E-state index contributed by atoms with van der Waals surface area (Å²) in [4.78, 5) is 8.06. The van der Waals surface area contributed by atoms with E-state index < -0.39 is 0 Å². The van der Waals surface area contributed by atoms with Crippen LogP contribution in [0.1, 0.15) is 18.5 Å². The van der Waals surface area contributed by atoms with E-state index in [1.54, 1.807) is 6.92 Å². The molecule has 0 radical (unpaired) electrons. The molecular weight excluding hydrogens is 262 g/mol. The van der Waals surface area contributed by atoms with Crippen LogP contribution in [0.3, 0.4) is 0 Å². The largest absolute Gasteiger partial charge is 0.480 e. The molecule has 6 heteroatoms. The Balaban J connectivity index is 3.31. The van der Waals surface area contributed by atoms with Gasteiger partial charge in [0.2, 0.25) is 5.88 Å². The summed E-state index contributed by atoms with van der Waals surface area (Å²) in [6.45, 7) is 1.74. The zero-order valence-electron chi connectivity index (χ0n) is 8.61. The van der Waals surface area contributed by atoms with Gasteiger partial charge in [-0.3, -0.25) is 0 Å². The third kappa shape index (κ3) is 2.36. The van der Waals surface area contributed by atoms with Gasteiger partial charge >= 0.3 is 6.01 Å². The summed E-state index contributed by atoms with van der Waals surface area (Å²) in [5, 5.41) is 8.83. The van der Waals surface area contributed by atoms with Gasteiger partial charge in [-0.15, -0.1) is 0 Å². The van der Waals surface area contributed by atoms with Crippen molar-refractivity contribution in [2.24, 2.45) is 0 Å². The number of methoxy groups -OCH3 is 2. The first-order valence-electron chi connectivity index (χ1n) is 4.19. The zero-order chi connectivity index (χ0) is 11.4. The first kappa shape index (κ1) is 11.7. The van der Waals surface area contributed by atoms with Gasteiger partial charge in [-0.05, 0) is 22.9 Å². The zero-order valence-corrected chi connectivity index (χ0v) is 10.2. The van der Waals surface area contributed by atoms with Gasteiger partial charge in [-0.25, -0.2) is 0 Å². The van der Waals surface area contributed by atoms with Crippen LogP contribution in [0.15, 0.2) is 4.47 Å². The monoisotopic (exact) mass is 271 g/mol. The minimum absolute atomic E-state index is 0.187. The number of nitrogens with zero attached hydrogens (tertiary/aromatic N) is 3. The Labute approximate surface area is 96.2 Å². The number of nitriles is 1. The molecule has 0 aliphatic heterocycles. The third-order valence-corrected chi connectivity index (χ3v) is 2.55. The van der Waals surface area contributed by atoms with E-state index >= 15 is 0 Å². The van der Waals surface area contributed by atoms with Gasteiger partial charge in [0, 0.05) is 0 Å². The van der Waals surface area contributed by atoms with Crippen molar-refractivity contribution in [2.75, 3.05) is 14.2 Å². The van der Waals surface area contributed by atoms with Crippen molar-refractivity contribution in [2.45, 2.75) is 12.8 Å². The van der Waals surface area contributed by atoms with E-state index in [0.29, 0.717) is 16.0 Å². The second-order valence-corrected chi connectivity index (χ2v) is 3.56.